The molecule has 1 N–H and O–H groups in total. The Hall–Kier alpha value is -0.450. The minimum atomic E-state index is 0.488. The molecule has 17 heavy (non-hydrogen) atoms. The molecule has 0 amide bonds. The molecule has 0 aliphatic heterocycles. The van der Waals surface area contributed by atoms with Crippen molar-refractivity contribution >= 4 is 11.8 Å². The van der Waals surface area contributed by atoms with Gasteiger partial charge < -0.3 is 14.6 Å². The number of hydrogen-bond donors (Lipinski definition) is 1. The molecule has 0 unspecified atom stereocenters. The second-order valence-electron chi connectivity index (χ2n) is 4.64. The van der Waals surface area contributed by atoms with Crippen molar-refractivity contribution in [1.82, 2.24) is 10.2 Å². The fraction of sp³-hybridized carbons (Fsp3) is 0.692. The molecule has 1 rings (SSSR count). The van der Waals surface area contributed by atoms with Gasteiger partial charge in [0.25, 0.3) is 0 Å². The molecule has 1 aromatic heterocycles. The number of furan rings is 1. The van der Waals surface area contributed by atoms with E-state index in [1.807, 2.05) is 11.8 Å². The molecular weight excluding hydrogens is 232 g/mol. The van der Waals surface area contributed by atoms with E-state index >= 15 is 0 Å². The highest BCUT2D eigenvalue weighted by Crippen LogP contribution is 2.13. The van der Waals surface area contributed by atoms with E-state index in [0.717, 1.165) is 25.4 Å². The Morgan fingerprint density at radius 2 is 2.24 bits per heavy atom. The van der Waals surface area contributed by atoms with Crippen LogP contribution in [0.2, 0.25) is 0 Å². The summed E-state index contributed by atoms with van der Waals surface area (Å²) in [4.78, 5) is 2.33. The fourth-order valence-corrected chi connectivity index (χ4v) is 2.07. The van der Waals surface area contributed by atoms with E-state index in [1.165, 1.54) is 11.3 Å². The number of thioether (sulfide) groups is 1. The molecule has 1 aromatic rings. The van der Waals surface area contributed by atoms with Gasteiger partial charge in [-0.25, -0.2) is 0 Å². The first kappa shape index (κ1) is 14.6. The SMILES string of the molecule is CSCCN(C)Cc1ccoc1CNC(C)C. The van der Waals surface area contributed by atoms with Crippen LogP contribution in [0.3, 0.4) is 0 Å². The van der Waals surface area contributed by atoms with Crippen molar-refractivity contribution in [3.63, 3.8) is 0 Å². The predicted octanol–water partition coefficient (Wildman–Crippen LogP) is 2.57. The average Bonchev–Trinajstić information content (AvgIpc) is 2.71. The van der Waals surface area contributed by atoms with Crippen LogP contribution in [-0.2, 0) is 13.1 Å². The molecule has 0 bridgehead atoms. The normalized spacial score (nSPS) is 11.6. The first-order valence-corrected chi connectivity index (χ1v) is 7.49. The molecule has 98 valence electrons. The minimum Gasteiger partial charge on any atom is -0.468 e. The minimum absolute atomic E-state index is 0.488. The Kier molecular flexibility index (Phi) is 6.70. The van der Waals surface area contributed by atoms with Crippen molar-refractivity contribution in [3.8, 4) is 0 Å². The van der Waals surface area contributed by atoms with Gasteiger partial charge in [0.15, 0.2) is 0 Å². The van der Waals surface area contributed by atoms with E-state index in [0.29, 0.717) is 6.04 Å². The molecule has 0 radical (unpaired) electrons. The van der Waals surface area contributed by atoms with Crippen molar-refractivity contribution in [1.29, 1.82) is 0 Å². The lowest BCUT2D eigenvalue weighted by Crippen LogP contribution is -2.24. The summed E-state index contributed by atoms with van der Waals surface area (Å²) in [5.41, 5.74) is 1.29. The van der Waals surface area contributed by atoms with Crippen molar-refractivity contribution in [2.24, 2.45) is 0 Å². The average molecular weight is 256 g/mol. The van der Waals surface area contributed by atoms with Crippen LogP contribution in [0.1, 0.15) is 25.2 Å². The standard InChI is InChI=1S/C13H24N2OS/c1-11(2)14-9-13-12(5-7-16-13)10-15(3)6-8-17-4/h5,7,11,14H,6,8-10H2,1-4H3. The molecule has 0 aromatic carbocycles. The molecule has 1 heterocycles. The van der Waals surface area contributed by atoms with E-state index in [9.17, 15) is 0 Å². The number of nitrogens with zero attached hydrogens (tertiary/aromatic N) is 1. The Bertz CT molecular complexity index is 312. The lowest BCUT2D eigenvalue weighted by Gasteiger charge is -2.16. The third kappa shape index (κ3) is 5.61. The van der Waals surface area contributed by atoms with Gasteiger partial charge in [-0.15, -0.1) is 0 Å². The van der Waals surface area contributed by atoms with E-state index in [2.05, 4.69) is 43.4 Å². The smallest absolute Gasteiger partial charge is 0.122 e. The maximum absolute atomic E-state index is 5.53. The maximum Gasteiger partial charge on any atom is 0.122 e. The van der Waals surface area contributed by atoms with Gasteiger partial charge in [-0.2, -0.15) is 11.8 Å². The van der Waals surface area contributed by atoms with Crippen molar-refractivity contribution in [2.75, 3.05) is 25.6 Å². The summed E-state index contributed by atoms with van der Waals surface area (Å²) < 4.78 is 5.53. The lowest BCUT2D eigenvalue weighted by atomic mass is 10.2. The molecular formula is C13H24N2OS. The monoisotopic (exact) mass is 256 g/mol. The Morgan fingerprint density at radius 3 is 2.88 bits per heavy atom. The van der Waals surface area contributed by atoms with Crippen LogP contribution in [-0.4, -0.2) is 36.5 Å². The number of nitrogens with one attached hydrogen (secondary N) is 1. The third-order valence-corrected chi connectivity index (χ3v) is 3.22. The van der Waals surface area contributed by atoms with Gasteiger partial charge in [-0.3, -0.25) is 0 Å². The van der Waals surface area contributed by atoms with Crippen LogP contribution in [0.4, 0.5) is 0 Å². The van der Waals surface area contributed by atoms with E-state index in [1.54, 1.807) is 6.26 Å². The van der Waals surface area contributed by atoms with Crippen molar-refractivity contribution < 1.29 is 4.42 Å². The van der Waals surface area contributed by atoms with Gasteiger partial charge in [-0.05, 0) is 19.4 Å². The molecule has 0 spiro atoms. The highest BCUT2D eigenvalue weighted by atomic mass is 32.2. The molecule has 0 fully saturated rings. The second kappa shape index (κ2) is 7.80. The molecule has 0 saturated carbocycles. The van der Waals surface area contributed by atoms with Crippen molar-refractivity contribution in [2.45, 2.75) is 33.0 Å². The quantitative estimate of drug-likeness (QED) is 0.774. The number of rotatable bonds is 8. The van der Waals surface area contributed by atoms with Crippen molar-refractivity contribution in [3.05, 3.63) is 23.7 Å². The molecule has 0 aliphatic carbocycles. The Balaban J connectivity index is 2.44. The van der Waals surface area contributed by atoms with Crippen LogP contribution in [0.5, 0.6) is 0 Å². The van der Waals surface area contributed by atoms with E-state index in [4.69, 9.17) is 4.42 Å². The molecule has 4 heteroatoms. The number of hydrogen-bond acceptors (Lipinski definition) is 4. The molecule has 0 saturated heterocycles. The largest absolute Gasteiger partial charge is 0.468 e. The summed E-state index contributed by atoms with van der Waals surface area (Å²) in [6.07, 6.45) is 3.93. The maximum atomic E-state index is 5.53. The van der Waals surface area contributed by atoms with Crippen LogP contribution in [0.25, 0.3) is 0 Å². The predicted molar refractivity (Wildman–Crippen MR) is 75.4 cm³/mol. The van der Waals surface area contributed by atoms with Crippen LogP contribution >= 0.6 is 11.8 Å². The van der Waals surface area contributed by atoms with Gasteiger partial charge in [0, 0.05) is 30.4 Å². The van der Waals surface area contributed by atoms with Gasteiger partial charge in [0.1, 0.15) is 5.76 Å². The summed E-state index contributed by atoms with van der Waals surface area (Å²) >= 11 is 1.88. The summed E-state index contributed by atoms with van der Waals surface area (Å²) in [6.45, 7) is 7.19. The topological polar surface area (TPSA) is 28.4 Å². The third-order valence-electron chi connectivity index (χ3n) is 2.63. The molecule has 0 aliphatic rings. The van der Waals surface area contributed by atoms with Crippen LogP contribution in [0, 0.1) is 0 Å². The fourth-order valence-electron chi connectivity index (χ4n) is 1.58. The zero-order valence-corrected chi connectivity index (χ0v) is 12.1. The second-order valence-corrected chi connectivity index (χ2v) is 5.62. The molecule has 0 atom stereocenters. The van der Waals surface area contributed by atoms with Gasteiger partial charge >= 0.3 is 0 Å². The highest BCUT2D eigenvalue weighted by Gasteiger charge is 2.09. The lowest BCUT2D eigenvalue weighted by molar-refractivity contribution is 0.342. The Labute approximate surface area is 109 Å². The summed E-state index contributed by atoms with van der Waals surface area (Å²) in [5.74, 6) is 2.24. The first-order valence-electron chi connectivity index (χ1n) is 6.09. The van der Waals surface area contributed by atoms with Gasteiger partial charge in [0.2, 0.25) is 0 Å². The first-order chi connectivity index (χ1) is 8.13. The summed E-state index contributed by atoms with van der Waals surface area (Å²) in [6, 6.07) is 2.56. The van der Waals surface area contributed by atoms with E-state index in [-0.39, 0.29) is 0 Å². The molecule has 3 nitrogen and oxygen atoms in total. The zero-order chi connectivity index (χ0) is 12.7. The van der Waals surface area contributed by atoms with Gasteiger partial charge in [-0.1, -0.05) is 13.8 Å². The Morgan fingerprint density at radius 1 is 1.47 bits per heavy atom. The van der Waals surface area contributed by atoms with Crippen LogP contribution < -0.4 is 5.32 Å². The summed E-state index contributed by atoms with van der Waals surface area (Å²) in [7, 11) is 2.16. The summed E-state index contributed by atoms with van der Waals surface area (Å²) in [5, 5.41) is 3.39. The zero-order valence-electron chi connectivity index (χ0n) is 11.3. The van der Waals surface area contributed by atoms with Gasteiger partial charge in [0.05, 0.1) is 12.8 Å². The highest BCUT2D eigenvalue weighted by molar-refractivity contribution is 7.98. The van der Waals surface area contributed by atoms with E-state index < -0.39 is 0 Å². The van der Waals surface area contributed by atoms with Crippen LogP contribution in [0.15, 0.2) is 16.7 Å².